The number of carbonyl (C=O) groups excluding carboxylic acids is 2. The van der Waals surface area contributed by atoms with E-state index in [1.807, 2.05) is 0 Å². The Morgan fingerprint density at radius 3 is 2.63 bits per heavy atom. The Morgan fingerprint density at radius 2 is 2.05 bits per heavy atom. The molecule has 1 rings (SSSR count). The van der Waals surface area contributed by atoms with Crippen LogP contribution in [0.5, 0.6) is 0 Å². The molecule has 1 aromatic rings. The van der Waals surface area contributed by atoms with Crippen LogP contribution < -0.4 is 5.32 Å². The van der Waals surface area contributed by atoms with E-state index in [4.69, 9.17) is 11.6 Å². The number of hydrogen-bond acceptors (Lipinski definition) is 3. The third-order valence-electron chi connectivity index (χ3n) is 2.61. The Labute approximate surface area is 117 Å². The highest BCUT2D eigenvalue weighted by Crippen LogP contribution is 2.20. The molecule has 0 aliphatic heterocycles. The zero-order valence-electron chi connectivity index (χ0n) is 11.1. The molecule has 0 bridgehead atoms. The Balaban J connectivity index is 2.59. The SMILES string of the molecule is COC(=O)C(C)CN(C)C(=O)Nc1ccccc1Cl. The molecule has 104 valence electrons. The number of nitrogens with zero attached hydrogens (tertiary/aromatic N) is 1. The van der Waals surface area contributed by atoms with Crippen molar-refractivity contribution in [3.8, 4) is 0 Å². The van der Waals surface area contributed by atoms with Gasteiger partial charge in [0.25, 0.3) is 0 Å². The summed E-state index contributed by atoms with van der Waals surface area (Å²) in [6.07, 6.45) is 0. The van der Waals surface area contributed by atoms with Gasteiger partial charge in [-0.25, -0.2) is 4.79 Å². The first kappa shape index (κ1) is 15.3. The van der Waals surface area contributed by atoms with Crippen LogP contribution in [0.3, 0.4) is 0 Å². The number of urea groups is 1. The fourth-order valence-corrected chi connectivity index (χ4v) is 1.73. The van der Waals surface area contributed by atoms with E-state index < -0.39 is 0 Å². The number of nitrogens with one attached hydrogen (secondary N) is 1. The van der Waals surface area contributed by atoms with Gasteiger partial charge in [-0.05, 0) is 12.1 Å². The highest BCUT2D eigenvalue weighted by molar-refractivity contribution is 6.33. The van der Waals surface area contributed by atoms with Crippen molar-refractivity contribution in [2.75, 3.05) is 26.0 Å². The summed E-state index contributed by atoms with van der Waals surface area (Å²) in [5.41, 5.74) is 0.534. The molecule has 0 aliphatic rings. The van der Waals surface area contributed by atoms with Crippen LogP contribution in [-0.4, -0.2) is 37.6 Å². The number of rotatable bonds is 4. The molecule has 0 aromatic heterocycles. The Kier molecular flexibility index (Phi) is 5.63. The Morgan fingerprint density at radius 1 is 1.42 bits per heavy atom. The van der Waals surface area contributed by atoms with Gasteiger partial charge >= 0.3 is 12.0 Å². The zero-order chi connectivity index (χ0) is 14.4. The number of ether oxygens (including phenoxy) is 1. The first-order valence-corrected chi connectivity index (χ1v) is 6.18. The predicted octanol–water partition coefficient (Wildman–Crippen LogP) is 2.61. The third kappa shape index (κ3) is 4.44. The molecule has 2 amide bonds. The summed E-state index contributed by atoms with van der Waals surface area (Å²) in [4.78, 5) is 24.6. The van der Waals surface area contributed by atoms with Gasteiger partial charge in [0.05, 0.1) is 23.7 Å². The summed E-state index contributed by atoms with van der Waals surface area (Å²) < 4.78 is 4.61. The second-order valence-electron chi connectivity index (χ2n) is 4.21. The van der Waals surface area contributed by atoms with Crippen molar-refractivity contribution < 1.29 is 14.3 Å². The first-order chi connectivity index (χ1) is 8.95. The second kappa shape index (κ2) is 6.99. The van der Waals surface area contributed by atoms with Gasteiger partial charge in [0.2, 0.25) is 0 Å². The maximum atomic E-state index is 11.9. The number of carbonyl (C=O) groups is 2. The van der Waals surface area contributed by atoms with Crippen LogP contribution in [0.15, 0.2) is 24.3 Å². The van der Waals surface area contributed by atoms with Crippen molar-refractivity contribution in [2.45, 2.75) is 6.92 Å². The quantitative estimate of drug-likeness (QED) is 0.865. The number of benzene rings is 1. The van der Waals surface area contributed by atoms with Crippen LogP contribution in [0, 0.1) is 5.92 Å². The average molecular weight is 285 g/mol. The minimum atomic E-state index is -0.382. The Hall–Kier alpha value is -1.75. The standard InChI is InChI=1S/C13H17ClN2O3/c1-9(12(17)19-3)8-16(2)13(18)15-11-7-5-4-6-10(11)14/h4-7,9H,8H2,1-3H3,(H,15,18). The number of hydrogen-bond donors (Lipinski definition) is 1. The average Bonchev–Trinajstić information content (AvgIpc) is 2.40. The lowest BCUT2D eigenvalue weighted by Crippen LogP contribution is -2.37. The fraction of sp³-hybridized carbons (Fsp3) is 0.385. The summed E-state index contributed by atoms with van der Waals surface area (Å²) in [5.74, 6) is -0.732. The van der Waals surface area contributed by atoms with Gasteiger partial charge in [0.1, 0.15) is 0 Å². The monoisotopic (exact) mass is 284 g/mol. The van der Waals surface area contributed by atoms with Gasteiger partial charge in [-0.3, -0.25) is 4.79 Å². The van der Waals surface area contributed by atoms with Crippen LogP contribution in [0.1, 0.15) is 6.92 Å². The van der Waals surface area contributed by atoms with Gasteiger partial charge in [-0.2, -0.15) is 0 Å². The third-order valence-corrected chi connectivity index (χ3v) is 2.94. The van der Waals surface area contributed by atoms with Crippen molar-refractivity contribution in [2.24, 2.45) is 5.92 Å². The largest absolute Gasteiger partial charge is 0.469 e. The number of esters is 1. The van der Waals surface area contributed by atoms with Gasteiger partial charge in [-0.15, -0.1) is 0 Å². The molecule has 0 saturated carbocycles. The lowest BCUT2D eigenvalue weighted by Gasteiger charge is -2.21. The lowest BCUT2D eigenvalue weighted by molar-refractivity contribution is -0.145. The number of para-hydroxylation sites is 1. The molecule has 1 atom stereocenters. The first-order valence-electron chi connectivity index (χ1n) is 5.80. The number of halogens is 1. The van der Waals surface area contributed by atoms with E-state index in [0.717, 1.165) is 0 Å². The summed E-state index contributed by atoms with van der Waals surface area (Å²) >= 11 is 5.94. The zero-order valence-corrected chi connectivity index (χ0v) is 11.9. The minimum absolute atomic E-state index is 0.267. The van der Waals surface area contributed by atoms with Crippen molar-refractivity contribution in [3.63, 3.8) is 0 Å². The second-order valence-corrected chi connectivity index (χ2v) is 4.62. The number of methoxy groups -OCH3 is 1. The molecule has 0 heterocycles. The van der Waals surface area contributed by atoms with E-state index in [0.29, 0.717) is 10.7 Å². The van der Waals surface area contributed by atoms with Gasteiger partial charge in [0.15, 0.2) is 0 Å². The molecular formula is C13H17ClN2O3. The van der Waals surface area contributed by atoms with Crippen molar-refractivity contribution in [1.29, 1.82) is 0 Å². The topological polar surface area (TPSA) is 58.6 Å². The maximum Gasteiger partial charge on any atom is 0.321 e. The molecule has 0 fully saturated rings. The highest BCUT2D eigenvalue weighted by Gasteiger charge is 2.19. The molecule has 0 aliphatic carbocycles. The van der Waals surface area contributed by atoms with Crippen molar-refractivity contribution in [1.82, 2.24) is 4.90 Å². The normalized spacial score (nSPS) is 11.6. The van der Waals surface area contributed by atoms with Gasteiger partial charge in [0, 0.05) is 13.6 Å². The van der Waals surface area contributed by atoms with Crippen molar-refractivity contribution >= 4 is 29.3 Å². The molecule has 6 heteroatoms. The summed E-state index contributed by atoms with van der Waals surface area (Å²) in [5, 5.41) is 3.14. The molecule has 1 N–H and O–H groups in total. The lowest BCUT2D eigenvalue weighted by atomic mass is 10.2. The van der Waals surface area contributed by atoms with Crippen LogP contribution >= 0.6 is 11.6 Å². The van der Waals surface area contributed by atoms with Gasteiger partial charge in [-0.1, -0.05) is 30.7 Å². The summed E-state index contributed by atoms with van der Waals surface area (Å²) in [6, 6.07) is 6.62. The molecule has 0 saturated heterocycles. The summed E-state index contributed by atoms with van der Waals surface area (Å²) in [6.45, 7) is 1.97. The van der Waals surface area contributed by atoms with E-state index in [-0.39, 0.29) is 24.5 Å². The molecule has 1 aromatic carbocycles. The summed E-state index contributed by atoms with van der Waals surface area (Å²) in [7, 11) is 2.92. The minimum Gasteiger partial charge on any atom is -0.469 e. The molecule has 1 unspecified atom stereocenters. The van der Waals surface area contributed by atoms with Crippen molar-refractivity contribution in [3.05, 3.63) is 29.3 Å². The Bertz CT molecular complexity index is 465. The molecule has 5 nitrogen and oxygen atoms in total. The molecular weight excluding hydrogens is 268 g/mol. The van der Waals surface area contributed by atoms with E-state index in [1.165, 1.54) is 12.0 Å². The van der Waals surface area contributed by atoms with E-state index >= 15 is 0 Å². The van der Waals surface area contributed by atoms with Crippen LogP contribution in [0.25, 0.3) is 0 Å². The van der Waals surface area contributed by atoms with Crippen LogP contribution in [-0.2, 0) is 9.53 Å². The van der Waals surface area contributed by atoms with E-state index in [1.54, 1.807) is 38.2 Å². The molecule has 0 radical (unpaired) electrons. The highest BCUT2D eigenvalue weighted by atomic mass is 35.5. The van der Waals surface area contributed by atoms with E-state index in [2.05, 4.69) is 10.1 Å². The molecule has 19 heavy (non-hydrogen) atoms. The number of amides is 2. The van der Waals surface area contributed by atoms with Crippen LogP contribution in [0.2, 0.25) is 5.02 Å². The van der Waals surface area contributed by atoms with Gasteiger partial charge < -0.3 is 15.0 Å². The maximum absolute atomic E-state index is 11.9. The van der Waals surface area contributed by atoms with E-state index in [9.17, 15) is 9.59 Å². The smallest absolute Gasteiger partial charge is 0.321 e. The number of anilines is 1. The predicted molar refractivity (Wildman–Crippen MR) is 74.3 cm³/mol. The molecule has 0 spiro atoms. The fourth-order valence-electron chi connectivity index (χ4n) is 1.54. The van der Waals surface area contributed by atoms with Crippen LogP contribution in [0.4, 0.5) is 10.5 Å².